The van der Waals surface area contributed by atoms with E-state index in [1.807, 2.05) is 6.07 Å². The van der Waals surface area contributed by atoms with Gasteiger partial charge in [0.1, 0.15) is 0 Å². The Kier molecular flexibility index (Phi) is 4.58. The molecule has 2 rings (SSSR count). The maximum atomic E-state index is 3.93. The number of rotatable bonds is 3. The Morgan fingerprint density at radius 1 is 1.36 bits per heavy atom. The van der Waals surface area contributed by atoms with Crippen LogP contribution in [0.25, 0.3) is 11.0 Å². The van der Waals surface area contributed by atoms with Gasteiger partial charge >= 0.3 is 29.6 Å². The molecular weight excluding hydrogens is 185 g/mol. The van der Waals surface area contributed by atoms with Crippen LogP contribution in [0.1, 0.15) is 25.3 Å². The zero-order chi connectivity index (χ0) is 9.10. The first-order chi connectivity index (χ1) is 6.40. The second kappa shape index (κ2) is 5.49. The fourth-order valence-corrected chi connectivity index (χ4v) is 1.39. The number of hydrogen-bond donors (Lipinski definition) is 0. The van der Waals surface area contributed by atoms with Gasteiger partial charge in [0.25, 0.3) is 0 Å². The van der Waals surface area contributed by atoms with Gasteiger partial charge in [-0.05, 0) is 29.4 Å². The molecule has 0 fully saturated rings. The molecule has 0 aliphatic heterocycles. The van der Waals surface area contributed by atoms with Crippen molar-refractivity contribution in [3.05, 3.63) is 23.8 Å². The molecule has 0 unspecified atom stereocenters. The van der Waals surface area contributed by atoms with E-state index in [1.165, 1.54) is 18.4 Å². The van der Waals surface area contributed by atoms with E-state index in [0.29, 0.717) is 0 Å². The molecular formula is C10H12N3Na. The van der Waals surface area contributed by atoms with Gasteiger partial charge in [0.15, 0.2) is 0 Å². The standard InChI is InChI=1S/C10H12N3.Na/c1-2-3-4-8-5-6-9-10(7-8)12-13-11-9;/h5-7H,2-4H2,1H3;/q-1;+1. The average molecular weight is 197 g/mol. The zero-order valence-electron chi connectivity index (χ0n) is 8.70. The molecule has 0 radical (unpaired) electrons. The van der Waals surface area contributed by atoms with E-state index < -0.39 is 0 Å². The Balaban J connectivity index is 0.000000980. The van der Waals surface area contributed by atoms with Crippen molar-refractivity contribution in [1.82, 2.24) is 15.4 Å². The van der Waals surface area contributed by atoms with Gasteiger partial charge in [-0.1, -0.05) is 31.5 Å². The van der Waals surface area contributed by atoms with Crippen molar-refractivity contribution in [2.75, 3.05) is 0 Å². The summed E-state index contributed by atoms with van der Waals surface area (Å²) in [7, 11) is 0. The first kappa shape index (κ1) is 11.7. The number of fused-ring (bicyclic) bond motifs is 1. The van der Waals surface area contributed by atoms with Crippen molar-refractivity contribution in [3.63, 3.8) is 0 Å². The van der Waals surface area contributed by atoms with Crippen LogP contribution in [0.3, 0.4) is 0 Å². The zero-order valence-corrected chi connectivity index (χ0v) is 10.7. The van der Waals surface area contributed by atoms with E-state index >= 15 is 0 Å². The van der Waals surface area contributed by atoms with Crippen LogP contribution in [0.5, 0.6) is 0 Å². The SMILES string of the molecule is CCCCc1ccc2[n-]nnc2c1.[Na+]. The maximum absolute atomic E-state index is 3.93. The largest absolute Gasteiger partial charge is 1.00 e. The number of aryl methyl sites for hydroxylation is 1. The number of benzene rings is 1. The summed E-state index contributed by atoms with van der Waals surface area (Å²) in [5, 5.41) is 11.4. The molecule has 0 amide bonds. The van der Waals surface area contributed by atoms with Gasteiger partial charge in [0, 0.05) is 0 Å². The normalized spacial score (nSPS) is 10.1. The summed E-state index contributed by atoms with van der Waals surface area (Å²) < 4.78 is 0. The van der Waals surface area contributed by atoms with Crippen LogP contribution in [0.4, 0.5) is 0 Å². The van der Waals surface area contributed by atoms with Gasteiger partial charge in [0.2, 0.25) is 0 Å². The van der Waals surface area contributed by atoms with Crippen LogP contribution in [-0.2, 0) is 6.42 Å². The van der Waals surface area contributed by atoms with E-state index in [1.54, 1.807) is 0 Å². The molecule has 4 heteroatoms. The Bertz CT molecular complexity index is 397. The first-order valence-electron chi connectivity index (χ1n) is 4.65. The number of aromatic nitrogens is 3. The first-order valence-corrected chi connectivity index (χ1v) is 4.65. The van der Waals surface area contributed by atoms with Crippen molar-refractivity contribution < 1.29 is 29.6 Å². The van der Waals surface area contributed by atoms with Crippen molar-refractivity contribution >= 4 is 11.0 Å². The van der Waals surface area contributed by atoms with Gasteiger partial charge < -0.3 is 10.2 Å². The minimum Gasteiger partial charge on any atom is -0.350 e. The summed E-state index contributed by atoms with van der Waals surface area (Å²) >= 11 is 0. The molecule has 0 saturated carbocycles. The minimum atomic E-state index is 0. The van der Waals surface area contributed by atoms with Crippen LogP contribution in [-0.4, -0.2) is 10.3 Å². The molecule has 0 atom stereocenters. The predicted molar refractivity (Wildman–Crippen MR) is 51.5 cm³/mol. The van der Waals surface area contributed by atoms with Crippen molar-refractivity contribution in [3.8, 4) is 0 Å². The molecule has 0 N–H and O–H groups in total. The second-order valence-corrected chi connectivity index (χ2v) is 3.22. The number of nitrogens with zero attached hydrogens (tertiary/aromatic N) is 3. The molecule has 14 heavy (non-hydrogen) atoms. The van der Waals surface area contributed by atoms with Crippen molar-refractivity contribution in [2.45, 2.75) is 26.2 Å². The summed E-state index contributed by atoms with van der Waals surface area (Å²) in [6.07, 6.45) is 3.58. The molecule has 68 valence electrons. The van der Waals surface area contributed by atoms with Gasteiger partial charge in [-0.25, -0.2) is 0 Å². The molecule has 0 bridgehead atoms. The molecule has 0 aliphatic rings. The minimum absolute atomic E-state index is 0. The summed E-state index contributed by atoms with van der Waals surface area (Å²) in [5.41, 5.74) is 3.13. The fraction of sp³-hybridized carbons (Fsp3) is 0.400. The molecule has 0 saturated heterocycles. The Morgan fingerprint density at radius 3 is 3.00 bits per heavy atom. The topological polar surface area (TPSA) is 39.9 Å². The molecule has 0 spiro atoms. The van der Waals surface area contributed by atoms with E-state index in [2.05, 4.69) is 34.5 Å². The Labute approximate surface area is 106 Å². The molecule has 1 aromatic heterocycles. The number of unbranched alkanes of at least 4 members (excludes halogenated alkanes) is 1. The fourth-order valence-electron chi connectivity index (χ4n) is 1.39. The Morgan fingerprint density at radius 2 is 2.21 bits per heavy atom. The van der Waals surface area contributed by atoms with E-state index in [0.717, 1.165) is 17.5 Å². The number of hydrogen-bond acceptors (Lipinski definition) is 2. The van der Waals surface area contributed by atoms with E-state index in [9.17, 15) is 0 Å². The van der Waals surface area contributed by atoms with Gasteiger partial charge in [-0.15, -0.1) is 0 Å². The van der Waals surface area contributed by atoms with Crippen LogP contribution in [0.2, 0.25) is 0 Å². The average Bonchev–Trinajstić information content (AvgIpc) is 2.61. The smallest absolute Gasteiger partial charge is 0.350 e. The summed E-state index contributed by atoms with van der Waals surface area (Å²) in [6.45, 7) is 2.20. The van der Waals surface area contributed by atoms with Gasteiger partial charge in [0.05, 0.1) is 0 Å². The van der Waals surface area contributed by atoms with E-state index in [4.69, 9.17) is 0 Å². The molecule has 1 heterocycles. The third-order valence-electron chi connectivity index (χ3n) is 2.16. The molecule has 1 aromatic carbocycles. The molecule has 0 aliphatic carbocycles. The van der Waals surface area contributed by atoms with Crippen LogP contribution >= 0.6 is 0 Å². The third-order valence-corrected chi connectivity index (χ3v) is 2.16. The van der Waals surface area contributed by atoms with Crippen LogP contribution in [0.15, 0.2) is 18.2 Å². The van der Waals surface area contributed by atoms with Crippen LogP contribution in [0, 0.1) is 0 Å². The third kappa shape index (κ3) is 2.56. The predicted octanol–water partition coefficient (Wildman–Crippen LogP) is -1.07. The van der Waals surface area contributed by atoms with E-state index in [-0.39, 0.29) is 29.6 Å². The molecule has 3 nitrogen and oxygen atoms in total. The maximum Gasteiger partial charge on any atom is 1.00 e. The van der Waals surface area contributed by atoms with Crippen molar-refractivity contribution in [2.24, 2.45) is 0 Å². The van der Waals surface area contributed by atoms with Crippen molar-refractivity contribution in [1.29, 1.82) is 0 Å². The molecule has 2 aromatic rings. The summed E-state index contributed by atoms with van der Waals surface area (Å²) in [5.74, 6) is 0. The monoisotopic (exact) mass is 197 g/mol. The summed E-state index contributed by atoms with van der Waals surface area (Å²) in [4.78, 5) is 0. The van der Waals surface area contributed by atoms with Gasteiger partial charge in [-0.2, -0.15) is 0 Å². The van der Waals surface area contributed by atoms with Gasteiger partial charge in [-0.3, -0.25) is 5.21 Å². The summed E-state index contributed by atoms with van der Waals surface area (Å²) in [6, 6.07) is 6.17. The van der Waals surface area contributed by atoms with Crippen LogP contribution < -0.4 is 34.7 Å². The Hall–Kier alpha value is -0.380. The second-order valence-electron chi connectivity index (χ2n) is 3.22. The quantitative estimate of drug-likeness (QED) is 0.588.